The average molecular weight is 405 g/mol. The Morgan fingerprint density at radius 2 is 1.75 bits per heavy atom. The molecule has 1 amide bonds. The minimum Gasteiger partial charge on any atom is -0.489 e. The summed E-state index contributed by atoms with van der Waals surface area (Å²) in [4.78, 5) is 14.3. The number of halogens is 1. The van der Waals surface area contributed by atoms with Crippen LogP contribution >= 0.6 is 12.4 Å². The minimum absolute atomic E-state index is 0. The van der Waals surface area contributed by atoms with Gasteiger partial charge in [0.25, 0.3) is 5.91 Å². The molecule has 1 heterocycles. The fourth-order valence-electron chi connectivity index (χ4n) is 3.36. The van der Waals surface area contributed by atoms with E-state index in [-0.39, 0.29) is 24.9 Å². The molecule has 6 heteroatoms. The molecule has 1 aliphatic heterocycles. The normalized spacial score (nSPS) is 16.2. The summed E-state index contributed by atoms with van der Waals surface area (Å²) >= 11 is 0. The second-order valence-electron chi connectivity index (χ2n) is 6.94. The number of rotatable bonds is 8. The topological polar surface area (TPSA) is 50.8 Å². The van der Waals surface area contributed by atoms with Crippen LogP contribution in [0.1, 0.15) is 18.4 Å². The Kier molecular flexibility index (Phi) is 9.11. The average Bonchev–Trinajstić information content (AvgIpc) is 2.72. The van der Waals surface area contributed by atoms with Gasteiger partial charge in [-0.05, 0) is 62.2 Å². The second kappa shape index (κ2) is 11.6. The van der Waals surface area contributed by atoms with Gasteiger partial charge in [0.05, 0.1) is 0 Å². The van der Waals surface area contributed by atoms with Crippen LogP contribution < -0.4 is 14.8 Å². The summed E-state index contributed by atoms with van der Waals surface area (Å²) in [6.07, 6.45) is 2.24. The van der Waals surface area contributed by atoms with E-state index >= 15 is 0 Å². The van der Waals surface area contributed by atoms with Gasteiger partial charge < -0.3 is 19.7 Å². The van der Waals surface area contributed by atoms with Crippen molar-refractivity contribution in [3.63, 3.8) is 0 Å². The van der Waals surface area contributed by atoms with E-state index in [9.17, 15) is 4.79 Å². The summed E-state index contributed by atoms with van der Waals surface area (Å²) in [5.74, 6) is 2.05. The SMILES string of the molecule is CNCC1CCCN(C(=O)COc2ccc(OCc3ccccc3)cc2)C1.Cl. The van der Waals surface area contributed by atoms with Crippen molar-refractivity contribution in [2.45, 2.75) is 19.4 Å². The molecule has 1 saturated heterocycles. The predicted molar refractivity (Wildman–Crippen MR) is 113 cm³/mol. The van der Waals surface area contributed by atoms with Gasteiger partial charge in [0, 0.05) is 13.1 Å². The van der Waals surface area contributed by atoms with Crippen molar-refractivity contribution in [3.8, 4) is 11.5 Å². The van der Waals surface area contributed by atoms with E-state index in [2.05, 4.69) is 5.32 Å². The number of ether oxygens (including phenoxy) is 2. The van der Waals surface area contributed by atoms with E-state index in [1.807, 2.05) is 66.5 Å². The first-order valence-electron chi connectivity index (χ1n) is 9.56. The minimum atomic E-state index is 0. The number of hydrogen-bond donors (Lipinski definition) is 1. The molecule has 1 N–H and O–H groups in total. The lowest BCUT2D eigenvalue weighted by Crippen LogP contribution is -2.44. The monoisotopic (exact) mass is 404 g/mol. The molecular weight excluding hydrogens is 376 g/mol. The molecule has 1 fully saturated rings. The van der Waals surface area contributed by atoms with Crippen molar-refractivity contribution >= 4 is 18.3 Å². The van der Waals surface area contributed by atoms with E-state index in [0.29, 0.717) is 18.3 Å². The van der Waals surface area contributed by atoms with Crippen LogP contribution in [0.5, 0.6) is 11.5 Å². The van der Waals surface area contributed by atoms with Gasteiger partial charge >= 0.3 is 0 Å². The van der Waals surface area contributed by atoms with Crippen molar-refractivity contribution in [1.29, 1.82) is 0 Å². The quantitative estimate of drug-likeness (QED) is 0.731. The van der Waals surface area contributed by atoms with Gasteiger partial charge in [-0.2, -0.15) is 0 Å². The van der Waals surface area contributed by atoms with Gasteiger partial charge in [-0.25, -0.2) is 0 Å². The standard InChI is InChI=1S/C22H28N2O3.ClH/c1-23-14-19-8-5-13-24(15-19)22(25)17-27-21-11-9-20(10-12-21)26-16-18-6-3-2-4-7-18;/h2-4,6-7,9-12,19,23H,5,8,13-17H2,1H3;1H. The third kappa shape index (κ3) is 6.73. The third-order valence-corrected chi connectivity index (χ3v) is 4.80. The van der Waals surface area contributed by atoms with E-state index in [4.69, 9.17) is 9.47 Å². The van der Waals surface area contributed by atoms with Crippen LogP contribution in [-0.4, -0.2) is 44.1 Å². The lowest BCUT2D eigenvalue weighted by molar-refractivity contribution is -0.135. The molecular formula is C22H29ClN2O3. The highest BCUT2D eigenvalue weighted by molar-refractivity contribution is 5.85. The summed E-state index contributed by atoms with van der Waals surface area (Å²) in [5.41, 5.74) is 1.13. The highest BCUT2D eigenvalue weighted by atomic mass is 35.5. The number of carbonyl (C=O) groups excluding carboxylic acids is 1. The van der Waals surface area contributed by atoms with Crippen LogP contribution in [0, 0.1) is 5.92 Å². The maximum atomic E-state index is 12.4. The molecule has 28 heavy (non-hydrogen) atoms. The van der Waals surface area contributed by atoms with Crippen molar-refractivity contribution in [1.82, 2.24) is 10.2 Å². The first-order chi connectivity index (χ1) is 13.2. The molecule has 3 rings (SSSR count). The summed E-state index contributed by atoms with van der Waals surface area (Å²) in [6.45, 7) is 3.21. The predicted octanol–water partition coefficient (Wildman–Crippen LogP) is 3.52. The number of likely N-dealkylation sites (tertiary alicyclic amines) is 1. The van der Waals surface area contributed by atoms with Crippen LogP contribution in [0.3, 0.4) is 0 Å². The lowest BCUT2D eigenvalue weighted by Gasteiger charge is -2.32. The van der Waals surface area contributed by atoms with E-state index in [1.54, 1.807) is 0 Å². The van der Waals surface area contributed by atoms with Gasteiger partial charge in [-0.3, -0.25) is 4.79 Å². The molecule has 0 bridgehead atoms. The molecule has 1 atom stereocenters. The molecule has 5 nitrogen and oxygen atoms in total. The summed E-state index contributed by atoms with van der Waals surface area (Å²) in [5, 5.41) is 3.20. The number of piperidine rings is 1. The van der Waals surface area contributed by atoms with Gasteiger partial charge in [0.1, 0.15) is 18.1 Å². The van der Waals surface area contributed by atoms with Crippen LogP contribution in [-0.2, 0) is 11.4 Å². The Labute approximate surface area is 173 Å². The largest absolute Gasteiger partial charge is 0.489 e. The third-order valence-electron chi connectivity index (χ3n) is 4.80. The smallest absolute Gasteiger partial charge is 0.260 e. The van der Waals surface area contributed by atoms with Gasteiger partial charge in [-0.15, -0.1) is 12.4 Å². The number of amides is 1. The number of nitrogens with one attached hydrogen (secondary N) is 1. The Balaban J connectivity index is 0.00000280. The fraction of sp³-hybridized carbons (Fsp3) is 0.409. The number of hydrogen-bond acceptors (Lipinski definition) is 4. The molecule has 0 aromatic heterocycles. The molecule has 0 saturated carbocycles. The zero-order chi connectivity index (χ0) is 18.9. The number of nitrogens with zero attached hydrogens (tertiary/aromatic N) is 1. The van der Waals surface area contributed by atoms with E-state index in [0.717, 1.165) is 37.4 Å². The molecule has 0 spiro atoms. The summed E-state index contributed by atoms with van der Waals surface area (Å²) in [6, 6.07) is 17.5. The van der Waals surface area contributed by atoms with Crippen molar-refractivity contribution in [2.24, 2.45) is 5.92 Å². The number of carbonyl (C=O) groups is 1. The van der Waals surface area contributed by atoms with Crippen LogP contribution in [0.2, 0.25) is 0 Å². The van der Waals surface area contributed by atoms with Crippen LogP contribution in [0.15, 0.2) is 54.6 Å². The number of benzene rings is 2. The summed E-state index contributed by atoms with van der Waals surface area (Å²) < 4.78 is 11.4. The lowest BCUT2D eigenvalue weighted by atomic mass is 9.98. The first-order valence-corrected chi connectivity index (χ1v) is 9.56. The van der Waals surface area contributed by atoms with E-state index in [1.165, 1.54) is 6.42 Å². The van der Waals surface area contributed by atoms with Crippen molar-refractivity contribution in [3.05, 3.63) is 60.2 Å². The van der Waals surface area contributed by atoms with Gasteiger partial charge in [0.15, 0.2) is 6.61 Å². The molecule has 152 valence electrons. The van der Waals surface area contributed by atoms with Gasteiger partial charge in [-0.1, -0.05) is 30.3 Å². The van der Waals surface area contributed by atoms with Crippen LogP contribution in [0.25, 0.3) is 0 Å². The Morgan fingerprint density at radius 1 is 1.07 bits per heavy atom. The van der Waals surface area contributed by atoms with Crippen LogP contribution in [0.4, 0.5) is 0 Å². The highest BCUT2D eigenvalue weighted by Gasteiger charge is 2.23. The first kappa shape index (κ1) is 22.1. The summed E-state index contributed by atoms with van der Waals surface area (Å²) in [7, 11) is 1.96. The van der Waals surface area contributed by atoms with Crippen molar-refractivity contribution in [2.75, 3.05) is 33.3 Å². The Bertz CT molecular complexity index is 707. The van der Waals surface area contributed by atoms with E-state index < -0.39 is 0 Å². The Morgan fingerprint density at radius 3 is 2.43 bits per heavy atom. The zero-order valence-corrected chi connectivity index (χ0v) is 17.1. The molecule has 2 aromatic rings. The maximum Gasteiger partial charge on any atom is 0.260 e. The highest BCUT2D eigenvalue weighted by Crippen LogP contribution is 2.20. The van der Waals surface area contributed by atoms with Gasteiger partial charge in [0.2, 0.25) is 0 Å². The second-order valence-corrected chi connectivity index (χ2v) is 6.94. The molecule has 0 aliphatic carbocycles. The molecule has 0 radical (unpaired) electrons. The zero-order valence-electron chi connectivity index (χ0n) is 16.3. The maximum absolute atomic E-state index is 12.4. The molecule has 2 aromatic carbocycles. The fourth-order valence-corrected chi connectivity index (χ4v) is 3.36. The molecule has 1 unspecified atom stereocenters. The Hall–Kier alpha value is -2.24. The molecule has 1 aliphatic rings. The van der Waals surface area contributed by atoms with Crippen molar-refractivity contribution < 1.29 is 14.3 Å².